The zero-order valence-electron chi connectivity index (χ0n) is 10.7. The molecule has 2 rings (SSSR count). The van der Waals surface area contributed by atoms with Crippen molar-refractivity contribution in [3.63, 3.8) is 0 Å². The Kier molecular flexibility index (Phi) is 4.47. The molecule has 1 N–H and O–H groups in total. The van der Waals surface area contributed by atoms with E-state index in [0.717, 1.165) is 17.7 Å². The molecular weight excluding hydrogens is 333 g/mol. The zero-order valence-corrected chi connectivity index (χ0v) is 13.0. The van der Waals surface area contributed by atoms with E-state index in [-0.39, 0.29) is 5.82 Å². The molecule has 0 aliphatic heterocycles. The van der Waals surface area contributed by atoms with Crippen LogP contribution in [0, 0.1) is 5.82 Å². The summed E-state index contributed by atoms with van der Waals surface area (Å²) < 4.78 is 15.5. The van der Waals surface area contributed by atoms with Crippen LogP contribution in [0.4, 0.5) is 10.1 Å². The average molecular weight is 347 g/mol. The van der Waals surface area contributed by atoms with Crippen molar-refractivity contribution in [2.24, 2.45) is 7.05 Å². The number of halogens is 3. The van der Waals surface area contributed by atoms with Gasteiger partial charge in [-0.15, -0.1) is 0 Å². The average Bonchev–Trinajstić information content (AvgIpc) is 2.68. The van der Waals surface area contributed by atoms with Crippen molar-refractivity contribution in [2.45, 2.75) is 19.9 Å². The Morgan fingerprint density at radius 2 is 2.21 bits per heavy atom. The molecule has 0 unspecified atom stereocenters. The second-order valence-corrected chi connectivity index (χ2v) is 5.49. The molecule has 0 bridgehead atoms. The van der Waals surface area contributed by atoms with Crippen LogP contribution in [-0.2, 0) is 20.0 Å². The summed E-state index contributed by atoms with van der Waals surface area (Å²) in [5.74, 6) is -0.363. The van der Waals surface area contributed by atoms with E-state index >= 15 is 0 Å². The van der Waals surface area contributed by atoms with Gasteiger partial charge in [0.05, 0.1) is 16.4 Å². The van der Waals surface area contributed by atoms with E-state index in [1.54, 1.807) is 4.68 Å². The Balaban J connectivity index is 2.19. The van der Waals surface area contributed by atoms with Crippen molar-refractivity contribution in [1.29, 1.82) is 0 Å². The summed E-state index contributed by atoms with van der Waals surface area (Å²) in [5.41, 5.74) is 2.84. The van der Waals surface area contributed by atoms with Gasteiger partial charge in [0.1, 0.15) is 5.82 Å². The number of aromatic nitrogens is 2. The lowest BCUT2D eigenvalue weighted by atomic mass is 10.2. The van der Waals surface area contributed by atoms with Crippen molar-refractivity contribution in [3.8, 4) is 0 Å². The van der Waals surface area contributed by atoms with E-state index in [4.69, 9.17) is 11.6 Å². The third-order valence-electron chi connectivity index (χ3n) is 2.79. The molecular formula is C13H14BrClFN3. The summed E-state index contributed by atoms with van der Waals surface area (Å²) in [4.78, 5) is 0. The Bertz CT molecular complexity index is 575. The van der Waals surface area contributed by atoms with E-state index in [2.05, 4.69) is 33.3 Å². The van der Waals surface area contributed by atoms with Crippen molar-refractivity contribution in [1.82, 2.24) is 9.78 Å². The molecule has 102 valence electrons. The number of benzene rings is 1. The minimum absolute atomic E-state index is 0.355. The van der Waals surface area contributed by atoms with Crippen LogP contribution < -0.4 is 5.32 Å². The van der Waals surface area contributed by atoms with Gasteiger partial charge in [0.2, 0.25) is 0 Å². The lowest BCUT2D eigenvalue weighted by molar-refractivity contribution is 0.627. The first-order chi connectivity index (χ1) is 9.01. The third kappa shape index (κ3) is 3.28. The molecule has 0 fully saturated rings. The number of anilines is 1. The molecule has 0 amide bonds. The molecule has 0 aliphatic rings. The van der Waals surface area contributed by atoms with Crippen molar-refractivity contribution >= 4 is 33.2 Å². The van der Waals surface area contributed by atoms with Crippen LogP contribution in [0.25, 0.3) is 0 Å². The fraction of sp³-hybridized carbons (Fsp3) is 0.308. The largest absolute Gasteiger partial charge is 0.379 e. The van der Waals surface area contributed by atoms with E-state index in [1.165, 1.54) is 12.1 Å². The fourth-order valence-electron chi connectivity index (χ4n) is 1.92. The molecule has 19 heavy (non-hydrogen) atoms. The molecule has 1 aromatic carbocycles. The zero-order chi connectivity index (χ0) is 14.0. The van der Waals surface area contributed by atoms with E-state index < -0.39 is 0 Å². The summed E-state index contributed by atoms with van der Waals surface area (Å²) in [6, 6.07) is 2.68. The second kappa shape index (κ2) is 5.92. The normalized spacial score (nSPS) is 10.8. The number of rotatable bonds is 4. The molecule has 0 radical (unpaired) electrons. The minimum Gasteiger partial charge on any atom is -0.379 e. The Hall–Kier alpha value is -1.07. The van der Waals surface area contributed by atoms with E-state index in [1.807, 2.05) is 13.2 Å². The van der Waals surface area contributed by atoms with Gasteiger partial charge in [0.25, 0.3) is 0 Å². The van der Waals surface area contributed by atoms with Gasteiger partial charge in [-0.25, -0.2) is 4.39 Å². The number of nitrogens with zero attached hydrogens (tertiary/aromatic N) is 2. The molecule has 0 aliphatic carbocycles. The first-order valence-corrected chi connectivity index (χ1v) is 7.08. The van der Waals surface area contributed by atoms with Crippen LogP contribution in [-0.4, -0.2) is 9.78 Å². The number of hydrogen-bond acceptors (Lipinski definition) is 2. The fourth-order valence-corrected chi connectivity index (χ4v) is 2.88. The van der Waals surface area contributed by atoms with Gasteiger partial charge >= 0.3 is 0 Å². The van der Waals surface area contributed by atoms with E-state index in [0.29, 0.717) is 21.7 Å². The smallest absolute Gasteiger partial charge is 0.125 e. The molecule has 0 saturated heterocycles. The van der Waals surface area contributed by atoms with Gasteiger partial charge in [0.15, 0.2) is 0 Å². The standard InChI is InChI=1S/C13H14BrClFN3/c1-3-12-8(7-19(2)18-12)6-17-13-10(14)4-9(16)5-11(13)15/h4-5,7,17H,3,6H2,1-2H3. The SMILES string of the molecule is CCc1nn(C)cc1CNc1c(Cl)cc(F)cc1Br. The minimum atomic E-state index is -0.363. The van der Waals surface area contributed by atoms with Gasteiger partial charge < -0.3 is 5.32 Å². The van der Waals surface area contributed by atoms with Crippen LogP contribution in [0.1, 0.15) is 18.2 Å². The van der Waals surface area contributed by atoms with Crippen LogP contribution >= 0.6 is 27.5 Å². The van der Waals surface area contributed by atoms with Gasteiger partial charge in [-0.3, -0.25) is 4.68 Å². The van der Waals surface area contributed by atoms with Crippen molar-refractivity contribution < 1.29 is 4.39 Å². The van der Waals surface area contributed by atoms with Crippen LogP contribution in [0.2, 0.25) is 5.02 Å². The molecule has 0 atom stereocenters. The molecule has 0 saturated carbocycles. The first kappa shape index (κ1) is 14.3. The second-order valence-electron chi connectivity index (χ2n) is 4.23. The topological polar surface area (TPSA) is 29.9 Å². The number of nitrogens with one attached hydrogen (secondary N) is 1. The summed E-state index contributed by atoms with van der Waals surface area (Å²) in [6.07, 6.45) is 2.84. The van der Waals surface area contributed by atoms with Crippen molar-refractivity contribution in [2.75, 3.05) is 5.32 Å². The van der Waals surface area contributed by atoms with Crippen LogP contribution in [0.3, 0.4) is 0 Å². The molecule has 2 aromatic rings. The highest BCUT2D eigenvalue weighted by Crippen LogP contribution is 2.32. The van der Waals surface area contributed by atoms with Crippen LogP contribution in [0.5, 0.6) is 0 Å². The highest BCUT2D eigenvalue weighted by atomic mass is 79.9. The molecule has 6 heteroatoms. The van der Waals surface area contributed by atoms with Gasteiger partial charge in [-0.1, -0.05) is 18.5 Å². The number of aryl methyl sites for hydroxylation is 2. The van der Waals surface area contributed by atoms with Gasteiger partial charge in [0, 0.05) is 29.8 Å². The first-order valence-electron chi connectivity index (χ1n) is 5.91. The van der Waals surface area contributed by atoms with Gasteiger partial charge in [-0.05, 0) is 34.5 Å². The monoisotopic (exact) mass is 345 g/mol. The maximum Gasteiger partial charge on any atom is 0.125 e. The summed E-state index contributed by atoms with van der Waals surface area (Å²) in [5, 5.41) is 7.94. The highest BCUT2D eigenvalue weighted by Gasteiger charge is 2.10. The summed E-state index contributed by atoms with van der Waals surface area (Å²) in [6.45, 7) is 2.66. The maximum atomic E-state index is 13.1. The quantitative estimate of drug-likeness (QED) is 0.901. The molecule has 1 aromatic heterocycles. The Morgan fingerprint density at radius 3 is 2.84 bits per heavy atom. The summed E-state index contributed by atoms with van der Waals surface area (Å²) >= 11 is 9.33. The lowest BCUT2D eigenvalue weighted by Crippen LogP contribution is -2.02. The maximum absolute atomic E-state index is 13.1. The van der Waals surface area contributed by atoms with Gasteiger partial charge in [-0.2, -0.15) is 5.10 Å². The van der Waals surface area contributed by atoms with E-state index in [9.17, 15) is 4.39 Å². The lowest BCUT2D eigenvalue weighted by Gasteiger charge is -2.10. The number of hydrogen-bond donors (Lipinski definition) is 1. The predicted molar refractivity (Wildman–Crippen MR) is 79.0 cm³/mol. The van der Waals surface area contributed by atoms with Crippen LogP contribution in [0.15, 0.2) is 22.8 Å². The Labute approximate surface area is 124 Å². The Morgan fingerprint density at radius 1 is 1.47 bits per heavy atom. The predicted octanol–water partition coefficient (Wildman–Crippen LogP) is 4.15. The molecule has 3 nitrogen and oxygen atoms in total. The third-order valence-corrected chi connectivity index (χ3v) is 3.71. The molecule has 0 spiro atoms. The highest BCUT2D eigenvalue weighted by molar-refractivity contribution is 9.10. The summed E-state index contributed by atoms with van der Waals surface area (Å²) in [7, 11) is 1.89. The van der Waals surface area contributed by atoms with Crippen molar-refractivity contribution in [3.05, 3.63) is 44.9 Å². The molecule has 1 heterocycles.